The Morgan fingerprint density at radius 1 is 0.590 bits per heavy atom. The lowest BCUT2D eigenvalue weighted by Crippen LogP contribution is -2.41. The van der Waals surface area contributed by atoms with Gasteiger partial charge in [-0.25, -0.2) is 0 Å². The highest BCUT2D eigenvalue weighted by atomic mass is 16.7. The summed E-state index contributed by atoms with van der Waals surface area (Å²) >= 11 is 0. The molecule has 0 aromatic heterocycles. The van der Waals surface area contributed by atoms with E-state index in [-0.39, 0.29) is 0 Å². The van der Waals surface area contributed by atoms with Crippen LogP contribution in [0.15, 0.2) is 60.7 Å². The lowest BCUT2D eigenvalue weighted by atomic mass is 9.85. The predicted octanol–water partition coefficient (Wildman–Crippen LogP) is 7.94. The zero-order chi connectivity index (χ0) is 27.7. The molecular formula is C34H34O5. The van der Waals surface area contributed by atoms with Crippen LogP contribution in [0, 0.1) is 27.7 Å². The van der Waals surface area contributed by atoms with E-state index in [4.69, 9.17) is 14.2 Å². The summed E-state index contributed by atoms with van der Waals surface area (Å²) in [6, 6.07) is 20.3. The van der Waals surface area contributed by atoms with Crippen LogP contribution in [-0.2, 0) is 11.6 Å². The molecule has 0 saturated heterocycles. The first-order chi connectivity index (χ1) is 18.6. The summed E-state index contributed by atoms with van der Waals surface area (Å²) < 4.78 is 18.4. The fourth-order valence-corrected chi connectivity index (χ4v) is 5.71. The summed E-state index contributed by atoms with van der Waals surface area (Å²) in [4.78, 5) is 0. The molecule has 2 atom stereocenters. The van der Waals surface area contributed by atoms with E-state index in [0.717, 1.165) is 67.1 Å². The predicted molar refractivity (Wildman–Crippen MR) is 152 cm³/mol. The lowest BCUT2D eigenvalue weighted by molar-refractivity contribution is -0.184. The fraction of sp³-hybridized carbons (Fsp3) is 0.294. The Balaban J connectivity index is 1.50. The molecule has 0 aliphatic carbocycles. The van der Waals surface area contributed by atoms with Gasteiger partial charge in [-0.3, -0.25) is 0 Å². The minimum absolute atomic E-state index is 0.446. The van der Waals surface area contributed by atoms with E-state index in [1.54, 1.807) is 0 Å². The summed E-state index contributed by atoms with van der Waals surface area (Å²) in [6.45, 7) is 11.9. The number of hydrogen-bond acceptors (Lipinski definition) is 5. The molecule has 2 N–H and O–H groups in total. The maximum Gasteiger partial charge on any atom is 0.238 e. The van der Waals surface area contributed by atoms with E-state index in [0.29, 0.717) is 24.3 Å². The molecule has 4 aromatic carbocycles. The second kappa shape index (κ2) is 8.87. The van der Waals surface area contributed by atoms with E-state index >= 15 is 0 Å². The Morgan fingerprint density at radius 3 is 1.38 bits per heavy atom. The average Bonchev–Trinajstić information content (AvgIpc) is 2.90. The van der Waals surface area contributed by atoms with Crippen molar-refractivity contribution in [3.63, 3.8) is 0 Å². The number of ether oxygens (including phenoxy) is 3. The van der Waals surface area contributed by atoms with Crippen molar-refractivity contribution in [2.24, 2.45) is 0 Å². The summed E-state index contributed by atoms with van der Waals surface area (Å²) in [5.41, 5.74) is 9.32. The molecule has 0 saturated carbocycles. The molecule has 200 valence electrons. The highest BCUT2D eigenvalue weighted by molar-refractivity contribution is 5.82. The van der Waals surface area contributed by atoms with Crippen LogP contribution in [0.25, 0.3) is 22.3 Å². The van der Waals surface area contributed by atoms with Crippen LogP contribution in [0.2, 0.25) is 0 Å². The lowest BCUT2D eigenvalue weighted by Gasteiger charge is -2.42. The molecule has 2 unspecified atom stereocenters. The van der Waals surface area contributed by atoms with Crippen molar-refractivity contribution >= 4 is 0 Å². The molecular weight excluding hydrogens is 488 g/mol. The van der Waals surface area contributed by atoms with Crippen molar-refractivity contribution in [2.75, 3.05) is 0 Å². The van der Waals surface area contributed by atoms with Crippen LogP contribution in [0.4, 0.5) is 0 Å². The molecule has 2 aliphatic heterocycles. The van der Waals surface area contributed by atoms with Crippen molar-refractivity contribution in [2.45, 2.75) is 66.0 Å². The molecule has 0 amide bonds. The molecule has 2 aliphatic rings. The topological polar surface area (TPSA) is 68.2 Å². The molecule has 0 radical (unpaired) electrons. The largest absolute Gasteiger partial charge is 0.457 e. The number of aryl methyl sites for hydroxylation is 4. The summed E-state index contributed by atoms with van der Waals surface area (Å²) in [5, 5.41) is 22.3. The maximum atomic E-state index is 11.2. The SMILES string of the molecule is CCC1(O)Oc2c(C)ccc(-c3cc(C)ccc3Oc3ccc(C)cc3-c3ccc(C)c4c3C(O)(CC)O4)c21. The standard InChI is InChI=1S/C34H34O5/c1-7-33(35)29-23(13-11-21(5)31(29)38-33)25-17-19(3)9-15-27(25)37-28-16-10-20(4)18-26(28)24-14-12-22(6)32-30(24)34(36,8-2)39-32/h9-18,35-36H,7-8H2,1-6H3. The van der Waals surface area contributed by atoms with Crippen LogP contribution in [-0.4, -0.2) is 10.2 Å². The Bertz CT molecular complexity index is 1520. The second-order valence-corrected chi connectivity index (χ2v) is 10.8. The average molecular weight is 523 g/mol. The Morgan fingerprint density at radius 2 is 1.00 bits per heavy atom. The van der Waals surface area contributed by atoms with Crippen LogP contribution in [0.5, 0.6) is 23.0 Å². The molecule has 0 bridgehead atoms. The van der Waals surface area contributed by atoms with Crippen LogP contribution >= 0.6 is 0 Å². The van der Waals surface area contributed by atoms with E-state index in [1.165, 1.54) is 0 Å². The monoisotopic (exact) mass is 522 g/mol. The highest BCUT2D eigenvalue weighted by Gasteiger charge is 2.47. The van der Waals surface area contributed by atoms with Crippen molar-refractivity contribution in [3.05, 3.63) is 94.0 Å². The highest BCUT2D eigenvalue weighted by Crippen LogP contribution is 2.55. The van der Waals surface area contributed by atoms with Gasteiger partial charge in [0.2, 0.25) is 11.6 Å². The number of rotatable bonds is 6. The Hall–Kier alpha value is -3.80. The number of fused-ring (bicyclic) bond motifs is 2. The zero-order valence-corrected chi connectivity index (χ0v) is 23.3. The van der Waals surface area contributed by atoms with Gasteiger partial charge in [-0.2, -0.15) is 0 Å². The third-order valence-corrected chi connectivity index (χ3v) is 8.06. The molecule has 2 heterocycles. The smallest absolute Gasteiger partial charge is 0.238 e. The van der Waals surface area contributed by atoms with E-state index in [1.807, 2.05) is 90.1 Å². The first-order valence-corrected chi connectivity index (χ1v) is 13.6. The number of aliphatic hydroxyl groups is 2. The molecule has 4 aromatic rings. The Kier molecular flexibility index (Phi) is 5.79. The molecule has 39 heavy (non-hydrogen) atoms. The third-order valence-electron chi connectivity index (χ3n) is 8.06. The zero-order valence-electron chi connectivity index (χ0n) is 23.3. The molecule has 5 nitrogen and oxygen atoms in total. The van der Waals surface area contributed by atoms with Gasteiger partial charge in [0.1, 0.15) is 23.0 Å². The van der Waals surface area contributed by atoms with E-state index in [2.05, 4.69) is 12.1 Å². The fourth-order valence-electron chi connectivity index (χ4n) is 5.71. The van der Waals surface area contributed by atoms with Gasteiger partial charge in [0.05, 0.1) is 11.1 Å². The third kappa shape index (κ3) is 3.83. The molecule has 6 rings (SSSR count). The van der Waals surface area contributed by atoms with Crippen molar-refractivity contribution in [3.8, 4) is 45.3 Å². The first kappa shape index (κ1) is 25.5. The first-order valence-electron chi connectivity index (χ1n) is 13.6. The quantitative estimate of drug-likeness (QED) is 0.269. The molecule has 5 heteroatoms. The summed E-state index contributed by atoms with van der Waals surface area (Å²) in [6.07, 6.45) is 0.892. The van der Waals surface area contributed by atoms with E-state index < -0.39 is 11.6 Å². The van der Waals surface area contributed by atoms with Gasteiger partial charge in [0.25, 0.3) is 0 Å². The van der Waals surface area contributed by atoms with Crippen LogP contribution in [0.1, 0.15) is 60.1 Å². The van der Waals surface area contributed by atoms with Gasteiger partial charge in [-0.05, 0) is 74.2 Å². The summed E-state index contributed by atoms with van der Waals surface area (Å²) in [7, 11) is 0. The van der Waals surface area contributed by atoms with Crippen LogP contribution in [0.3, 0.4) is 0 Å². The van der Waals surface area contributed by atoms with Crippen LogP contribution < -0.4 is 14.2 Å². The van der Waals surface area contributed by atoms with Crippen molar-refractivity contribution < 1.29 is 24.4 Å². The summed E-state index contributed by atoms with van der Waals surface area (Å²) in [5.74, 6) is 0.185. The van der Waals surface area contributed by atoms with Crippen molar-refractivity contribution in [1.29, 1.82) is 0 Å². The van der Waals surface area contributed by atoms with Gasteiger partial charge in [0.15, 0.2) is 0 Å². The van der Waals surface area contributed by atoms with Gasteiger partial charge in [0, 0.05) is 24.0 Å². The molecule has 0 fully saturated rings. The van der Waals surface area contributed by atoms with E-state index in [9.17, 15) is 10.2 Å². The minimum atomic E-state index is -1.32. The number of benzene rings is 4. The van der Waals surface area contributed by atoms with Gasteiger partial charge in [-0.1, -0.05) is 61.4 Å². The van der Waals surface area contributed by atoms with Gasteiger partial charge in [-0.15, -0.1) is 0 Å². The number of hydrogen-bond donors (Lipinski definition) is 2. The normalized spacial score (nSPS) is 20.6. The minimum Gasteiger partial charge on any atom is -0.457 e. The van der Waals surface area contributed by atoms with Gasteiger partial charge < -0.3 is 24.4 Å². The Labute approximate surface area is 229 Å². The molecule has 0 spiro atoms. The second-order valence-electron chi connectivity index (χ2n) is 10.8. The van der Waals surface area contributed by atoms with Crippen molar-refractivity contribution in [1.82, 2.24) is 0 Å². The maximum absolute atomic E-state index is 11.2. The van der Waals surface area contributed by atoms with Gasteiger partial charge >= 0.3 is 0 Å².